The molecule has 3 aliphatic heterocycles. The Hall–Kier alpha value is -1.47. The number of carbonyl (C=O) groups is 2. The van der Waals surface area contributed by atoms with Gasteiger partial charge in [0.25, 0.3) is 5.91 Å². The third-order valence-electron chi connectivity index (χ3n) is 5.38. The minimum atomic E-state index is 0.00750. The number of morpholine rings is 1. The highest BCUT2D eigenvalue weighted by atomic mass is 16.5. The highest BCUT2D eigenvalue weighted by molar-refractivity contribution is 6.39. The lowest BCUT2D eigenvalue weighted by atomic mass is 9.99. The molecule has 0 aromatic carbocycles. The van der Waals surface area contributed by atoms with Crippen LogP contribution in [0.5, 0.6) is 0 Å². The van der Waals surface area contributed by atoms with E-state index in [2.05, 4.69) is 16.9 Å². The maximum absolute atomic E-state index is 12.9. The number of amides is 2. The van der Waals surface area contributed by atoms with Crippen molar-refractivity contribution >= 4 is 17.5 Å². The molecule has 2 amide bonds. The van der Waals surface area contributed by atoms with Gasteiger partial charge in [-0.05, 0) is 12.8 Å². The monoisotopic (exact) mass is 336 g/mol. The van der Waals surface area contributed by atoms with E-state index in [0.717, 1.165) is 45.8 Å². The first-order valence-electron chi connectivity index (χ1n) is 9.13. The summed E-state index contributed by atoms with van der Waals surface area (Å²) in [5, 5.41) is 5.71. The molecule has 7 heteroatoms. The molecule has 7 nitrogen and oxygen atoms in total. The summed E-state index contributed by atoms with van der Waals surface area (Å²) in [6.07, 6.45) is 1.91. The van der Waals surface area contributed by atoms with Crippen LogP contribution >= 0.6 is 0 Å². The highest BCUT2D eigenvalue weighted by Crippen LogP contribution is 2.26. The Labute approximate surface area is 143 Å². The minimum Gasteiger partial charge on any atom is -0.379 e. The van der Waals surface area contributed by atoms with E-state index in [4.69, 9.17) is 4.74 Å². The predicted octanol–water partition coefficient (Wildman–Crippen LogP) is 0.554. The van der Waals surface area contributed by atoms with Crippen LogP contribution in [0.1, 0.15) is 33.1 Å². The molecule has 0 N–H and O–H groups in total. The van der Waals surface area contributed by atoms with Gasteiger partial charge in [0.2, 0.25) is 5.91 Å². The van der Waals surface area contributed by atoms with Crippen LogP contribution in [0.15, 0.2) is 5.10 Å². The van der Waals surface area contributed by atoms with E-state index in [1.807, 2.05) is 11.8 Å². The standard InChI is InChI=1S/C17H28N4O3/c1-3-13-11-20(12-15(13)19-7-9-24-10-8-19)17(23)14-5-6-16(22)21(4-2)18-14/h13,15H,3-12H2,1-2H3. The van der Waals surface area contributed by atoms with Crippen molar-refractivity contribution in [3.05, 3.63) is 0 Å². The Morgan fingerprint density at radius 2 is 1.96 bits per heavy atom. The molecule has 3 heterocycles. The second-order valence-corrected chi connectivity index (χ2v) is 6.75. The highest BCUT2D eigenvalue weighted by Gasteiger charge is 2.39. The summed E-state index contributed by atoms with van der Waals surface area (Å²) < 4.78 is 5.45. The molecule has 2 saturated heterocycles. The number of hydrazone groups is 1. The lowest BCUT2D eigenvalue weighted by Gasteiger charge is -2.34. The molecule has 0 radical (unpaired) electrons. The van der Waals surface area contributed by atoms with Crippen LogP contribution in [0, 0.1) is 5.92 Å². The zero-order chi connectivity index (χ0) is 17.1. The first-order chi connectivity index (χ1) is 11.6. The first-order valence-corrected chi connectivity index (χ1v) is 9.13. The lowest BCUT2D eigenvalue weighted by molar-refractivity contribution is -0.131. The fourth-order valence-corrected chi connectivity index (χ4v) is 3.93. The smallest absolute Gasteiger partial charge is 0.270 e. The van der Waals surface area contributed by atoms with Gasteiger partial charge in [0, 0.05) is 51.6 Å². The van der Waals surface area contributed by atoms with Gasteiger partial charge in [0.1, 0.15) is 5.71 Å². The number of hydrogen-bond acceptors (Lipinski definition) is 5. The Kier molecular flexibility index (Phi) is 5.50. The van der Waals surface area contributed by atoms with E-state index >= 15 is 0 Å². The van der Waals surface area contributed by atoms with E-state index in [9.17, 15) is 9.59 Å². The second-order valence-electron chi connectivity index (χ2n) is 6.75. The van der Waals surface area contributed by atoms with Crippen LogP contribution in [0.4, 0.5) is 0 Å². The molecular formula is C17H28N4O3. The van der Waals surface area contributed by atoms with Crippen LogP contribution in [0.25, 0.3) is 0 Å². The summed E-state index contributed by atoms with van der Waals surface area (Å²) in [5.74, 6) is 0.517. The minimum absolute atomic E-state index is 0.00750. The van der Waals surface area contributed by atoms with E-state index in [1.54, 1.807) is 0 Å². The van der Waals surface area contributed by atoms with Gasteiger partial charge in [0.15, 0.2) is 0 Å². The number of carbonyl (C=O) groups excluding carboxylic acids is 2. The SMILES string of the molecule is CCC1CN(C(=O)C2=NN(CC)C(=O)CC2)CC1N1CCOCC1. The Bertz CT molecular complexity index is 516. The van der Waals surface area contributed by atoms with Gasteiger partial charge in [-0.1, -0.05) is 13.3 Å². The van der Waals surface area contributed by atoms with Gasteiger partial charge < -0.3 is 9.64 Å². The summed E-state index contributed by atoms with van der Waals surface area (Å²) >= 11 is 0. The number of nitrogens with zero attached hydrogens (tertiary/aromatic N) is 4. The number of rotatable bonds is 4. The van der Waals surface area contributed by atoms with Crippen molar-refractivity contribution in [1.29, 1.82) is 0 Å². The number of likely N-dealkylation sites (tertiary alicyclic amines) is 1. The van der Waals surface area contributed by atoms with Crippen LogP contribution < -0.4 is 0 Å². The summed E-state index contributed by atoms with van der Waals surface area (Å²) in [6, 6.07) is 0.413. The lowest BCUT2D eigenvalue weighted by Crippen LogP contribution is -2.47. The van der Waals surface area contributed by atoms with E-state index in [1.165, 1.54) is 5.01 Å². The molecule has 0 aromatic rings. The van der Waals surface area contributed by atoms with Crippen molar-refractivity contribution in [2.24, 2.45) is 11.0 Å². The number of hydrogen-bond donors (Lipinski definition) is 0. The second kappa shape index (κ2) is 7.61. The molecule has 134 valence electrons. The van der Waals surface area contributed by atoms with Gasteiger partial charge in [-0.15, -0.1) is 0 Å². The van der Waals surface area contributed by atoms with E-state index < -0.39 is 0 Å². The Balaban J connectivity index is 1.68. The molecule has 0 aromatic heterocycles. The van der Waals surface area contributed by atoms with Gasteiger partial charge in [-0.2, -0.15) is 5.10 Å². The van der Waals surface area contributed by atoms with Crippen LogP contribution in [-0.2, 0) is 14.3 Å². The van der Waals surface area contributed by atoms with Crippen molar-refractivity contribution in [2.75, 3.05) is 45.9 Å². The maximum Gasteiger partial charge on any atom is 0.270 e. The predicted molar refractivity (Wildman–Crippen MR) is 90.6 cm³/mol. The molecule has 3 aliphatic rings. The molecule has 0 saturated carbocycles. The van der Waals surface area contributed by atoms with Crippen LogP contribution in [0.2, 0.25) is 0 Å². The summed E-state index contributed by atoms with van der Waals surface area (Å²) in [4.78, 5) is 29.0. The van der Waals surface area contributed by atoms with Gasteiger partial charge >= 0.3 is 0 Å². The number of ether oxygens (including phenoxy) is 1. The summed E-state index contributed by atoms with van der Waals surface area (Å²) in [5.41, 5.74) is 0.536. The molecule has 0 aliphatic carbocycles. The fraction of sp³-hybridized carbons (Fsp3) is 0.824. The average molecular weight is 336 g/mol. The topological polar surface area (TPSA) is 65.5 Å². The third kappa shape index (κ3) is 3.47. The zero-order valence-electron chi connectivity index (χ0n) is 14.7. The van der Waals surface area contributed by atoms with Crippen LogP contribution in [0.3, 0.4) is 0 Å². The van der Waals surface area contributed by atoms with E-state index in [0.29, 0.717) is 37.1 Å². The molecule has 2 fully saturated rings. The largest absolute Gasteiger partial charge is 0.379 e. The molecule has 2 unspecified atom stereocenters. The van der Waals surface area contributed by atoms with Gasteiger partial charge in [0.05, 0.1) is 13.2 Å². The van der Waals surface area contributed by atoms with Gasteiger partial charge in [-0.25, -0.2) is 5.01 Å². The Morgan fingerprint density at radius 3 is 2.62 bits per heavy atom. The van der Waals surface area contributed by atoms with E-state index in [-0.39, 0.29) is 11.8 Å². The van der Waals surface area contributed by atoms with Crippen LogP contribution in [-0.4, -0.2) is 84.3 Å². The van der Waals surface area contributed by atoms with Crippen molar-refractivity contribution in [3.8, 4) is 0 Å². The third-order valence-corrected chi connectivity index (χ3v) is 5.38. The summed E-state index contributed by atoms with van der Waals surface area (Å²) in [6.45, 7) is 9.59. The molecule has 2 atom stereocenters. The zero-order valence-corrected chi connectivity index (χ0v) is 14.7. The molecule has 0 spiro atoms. The molecule has 24 heavy (non-hydrogen) atoms. The maximum atomic E-state index is 12.9. The Morgan fingerprint density at radius 1 is 1.21 bits per heavy atom. The quantitative estimate of drug-likeness (QED) is 0.752. The normalized spacial score (nSPS) is 29.1. The molecular weight excluding hydrogens is 308 g/mol. The van der Waals surface area contributed by atoms with Crippen molar-refractivity contribution < 1.29 is 14.3 Å². The fourth-order valence-electron chi connectivity index (χ4n) is 3.93. The molecule has 0 bridgehead atoms. The van der Waals surface area contributed by atoms with Crippen molar-refractivity contribution in [2.45, 2.75) is 39.2 Å². The average Bonchev–Trinajstić information content (AvgIpc) is 3.06. The summed E-state index contributed by atoms with van der Waals surface area (Å²) in [7, 11) is 0. The molecule has 3 rings (SSSR count). The first kappa shape index (κ1) is 17.4. The van der Waals surface area contributed by atoms with Crippen molar-refractivity contribution in [3.63, 3.8) is 0 Å². The van der Waals surface area contributed by atoms with Crippen molar-refractivity contribution in [1.82, 2.24) is 14.8 Å². The van der Waals surface area contributed by atoms with Gasteiger partial charge in [-0.3, -0.25) is 14.5 Å².